The van der Waals surface area contributed by atoms with Gasteiger partial charge in [-0.25, -0.2) is 9.97 Å². The highest BCUT2D eigenvalue weighted by Gasteiger charge is 2.21. The Morgan fingerprint density at radius 2 is 1.96 bits per heavy atom. The van der Waals surface area contributed by atoms with E-state index >= 15 is 0 Å². The van der Waals surface area contributed by atoms with Crippen LogP contribution in [0, 0.1) is 13.8 Å². The lowest BCUT2D eigenvalue weighted by molar-refractivity contribution is 0.248. The van der Waals surface area contributed by atoms with Crippen molar-refractivity contribution in [1.29, 1.82) is 0 Å². The zero-order valence-corrected chi connectivity index (χ0v) is 17.4. The molecule has 144 valence electrons. The molecule has 0 amide bonds. The van der Waals surface area contributed by atoms with Crippen molar-refractivity contribution in [1.82, 2.24) is 14.9 Å². The van der Waals surface area contributed by atoms with Gasteiger partial charge in [-0.1, -0.05) is 6.07 Å². The third kappa shape index (κ3) is 3.99. The van der Waals surface area contributed by atoms with Gasteiger partial charge < -0.3 is 13.9 Å². The number of ether oxygens (including phenoxy) is 2. The molecule has 0 aliphatic rings. The second kappa shape index (κ2) is 8.10. The summed E-state index contributed by atoms with van der Waals surface area (Å²) >= 11 is 1.68. The fourth-order valence-electron chi connectivity index (χ4n) is 2.87. The first-order valence-corrected chi connectivity index (χ1v) is 9.62. The maximum Gasteiger partial charge on any atom is 0.230 e. The van der Waals surface area contributed by atoms with E-state index in [0.29, 0.717) is 23.9 Å². The predicted molar refractivity (Wildman–Crippen MR) is 107 cm³/mol. The predicted octanol–water partition coefficient (Wildman–Crippen LogP) is 4.63. The van der Waals surface area contributed by atoms with E-state index in [1.807, 2.05) is 32.0 Å². The van der Waals surface area contributed by atoms with Crippen molar-refractivity contribution in [2.75, 3.05) is 21.3 Å². The molecule has 3 aromatic rings. The SMILES string of the molecule is COc1cccc(-c2nc(CN(C)C(C)c3nc(C)cs3)c(C)o2)c1OC. The maximum atomic E-state index is 5.95. The van der Waals surface area contributed by atoms with E-state index in [-0.39, 0.29) is 6.04 Å². The van der Waals surface area contributed by atoms with Gasteiger partial charge >= 0.3 is 0 Å². The lowest BCUT2D eigenvalue weighted by atomic mass is 10.2. The molecule has 27 heavy (non-hydrogen) atoms. The molecule has 0 aliphatic heterocycles. The van der Waals surface area contributed by atoms with E-state index in [9.17, 15) is 0 Å². The van der Waals surface area contributed by atoms with Crippen LogP contribution in [0.15, 0.2) is 28.0 Å². The van der Waals surface area contributed by atoms with Crippen LogP contribution in [-0.4, -0.2) is 36.1 Å². The van der Waals surface area contributed by atoms with E-state index in [1.165, 1.54) is 0 Å². The standard InChI is InChI=1S/C20H25N3O3S/c1-12-11-27-20(21-12)13(2)23(4)10-16-14(3)26-19(22-16)15-8-7-9-17(24-5)18(15)25-6/h7-9,11,13H,10H2,1-6H3. The molecule has 0 fully saturated rings. The summed E-state index contributed by atoms with van der Waals surface area (Å²) in [5.74, 6) is 2.60. The number of thiazole rings is 1. The molecule has 0 saturated heterocycles. The van der Waals surface area contributed by atoms with Crippen molar-refractivity contribution in [2.45, 2.75) is 33.4 Å². The topological polar surface area (TPSA) is 60.6 Å². The smallest absolute Gasteiger partial charge is 0.230 e. The summed E-state index contributed by atoms with van der Waals surface area (Å²) in [7, 11) is 5.30. The van der Waals surface area contributed by atoms with E-state index in [0.717, 1.165) is 27.7 Å². The molecule has 2 heterocycles. The van der Waals surface area contributed by atoms with Gasteiger partial charge in [0.1, 0.15) is 10.8 Å². The fourth-order valence-corrected chi connectivity index (χ4v) is 3.79. The molecule has 6 nitrogen and oxygen atoms in total. The number of benzene rings is 1. The molecule has 3 rings (SSSR count). The van der Waals surface area contributed by atoms with Crippen LogP contribution in [0.25, 0.3) is 11.5 Å². The number of methoxy groups -OCH3 is 2. The molecule has 0 aliphatic carbocycles. The Labute approximate surface area is 163 Å². The van der Waals surface area contributed by atoms with E-state index in [2.05, 4.69) is 29.2 Å². The Hall–Kier alpha value is -2.38. The third-order valence-corrected chi connectivity index (χ3v) is 5.71. The Balaban J connectivity index is 1.85. The lowest BCUT2D eigenvalue weighted by Gasteiger charge is -2.21. The van der Waals surface area contributed by atoms with E-state index in [4.69, 9.17) is 18.9 Å². The maximum absolute atomic E-state index is 5.95. The highest BCUT2D eigenvalue weighted by atomic mass is 32.1. The zero-order chi connectivity index (χ0) is 19.6. The molecule has 2 aromatic heterocycles. The van der Waals surface area contributed by atoms with Crippen LogP contribution in [-0.2, 0) is 6.54 Å². The molecule has 1 aromatic carbocycles. The summed E-state index contributed by atoms with van der Waals surface area (Å²) in [5, 5.41) is 3.18. The van der Waals surface area contributed by atoms with Crippen molar-refractivity contribution in [3.8, 4) is 23.0 Å². The zero-order valence-electron chi connectivity index (χ0n) is 16.6. The summed E-state index contributed by atoms with van der Waals surface area (Å²) in [6, 6.07) is 5.87. The first-order chi connectivity index (χ1) is 12.9. The molecule has 1 unspecified atom stereocenters. The summed E-state index contributed by atoms with van der Waals surface area (Å²) in [4.78, 5) is 11.5. The molecule has 0 N–H and O–H groups in total. The minimum absolute atomic E-state index is 0.203. The second-order valence-electron chi connectivity index (χ2n) is 6.48. The van der Waals surface area contributed by atoms with Crippen LogP contribution in [0.2, 0.25) is 0 Å². The largest absolute Gasteiger partial charge is 0.493 e. The monoisotopic (exact) mass is 387 g/mol. The highest BCUT2D eigenvalue weighted by Crippen LogP contribution is 2.38. The van der Waals surface area contributed by atoms with Crippen molar-refractivity contribution in [2.24, 2.45) is 0 Å². The summed E-state index contributed by atoms with van der Waals surface area (Å²) in [5.41, 5.74) is 2.73. The number of oxazole rings is 1. The number of para-hydroxylation sites is 1. The van der Waals surface area contributed by atoms with Gasteiger partial charge in [0, 0.05) is 17.6 Å². The number of hydrogen-bond acceptors (Lipinski definition) is 7. The van der Waals surface area contributed by atoms with Crippen LogP contribution >= 0.6 is 11.3 Å². The number of nitrogens with zero attached hydrogens (tertiary/aromatic N) is 3. The Kier molecular flexibility index (Phi) is 5.82. The number of rotatable bonds is 7. The molecular formula is C20H25N3O3S. The normalized spacial score (nSPS) is 12.4. The number of aromatic nitrogens is 2. The quantitative estimate of drug-likeness (QED) is 0.589. The average Bonchev–Trinajstić information content (AvgIpc) is 3.26. The van der Waals surface area contributed by atoms with Crippen LogP contribution in [0.3, 0.4) is 0 Å². The van der Waals surface area contributed by atoms with Gasteiger partial charge in [-0.2, -0.15) is 0 Å². The molecular weight excluding hydrogens is 362 g/mol. The van der Waals surface area contributed by atoms with Gasteiger partial charge in [0.2, 0.25) is 5.89 Å². The van der Waals surface area contributed by atoms with Gasteiger partial charge in [-0.15, -0.1) is 11.3 Å². The molecule has 0 bridgehead atoms. The first kappa shape index (κ1) is 19.4. The van der Waals surface area contributed by atoms with Gasteiger partial charge in [0.05, 0.1) is 31.5 Å². The van der Waals surface area contributed by atoms with Crippen LogP contribution < -0.4 is 9.47 Å². The van der Waals surface area contributed by atoms with E-state index in [1.54, 1.807) is 25.6 Å². The van der Waals surface area contributed by atoms with Gasteiger partial charge in [-0.3, -0.25) is 4.90 Å². The first-order valence-electron chi connectivity index (χ1n) is 8.74. The number of hydrogen-bond donors (Lipinski definition) is 0. The number of aryl methyl sites for hydroxylation is 2. The summed E-state index contributed by atoms with van der Waals surface area (Å²) < 4.78 is 16.8. The van der Waals surface area contributed by atoms with Crippen molar-refractivity contribution >= 4 is 11.3 Å². The Morgan fingerprint density at radius 3 is 2.59 bits per heavy atom. The Bertz CT molecular complexity index is 919. The average molecular weight is 388 g/mol. The van der Waals surface area contributed by atoms with Gasteiger partial charge in [0.15, 0.2) is 11.5 Å². The van der Waals surface area contributed by atoms with Crippen molar-refractivity contribution in [3.05, 3.63) is 45.7 Å². The molecule has 0 spiro atoms. The van der Waals surface area contributed by atoms with E-state index < -0.39 is 0 Å². The summed E-state index contributed by atoms with van der Waals surface area (Å²) in [6.45, 7) is 6.77. The van der Waals surface area contributed by atoms with Crippen LogP contribution in [0.4, 0.5) is 0 Å². The van der Waals surface area contributed by atoms with Crippen molar-refractivity contribution in [3.63, 3.8) is 0 Å². The van der Waals surface area contributed by atoms with Gasteiger partial charge in [-0.05, 0) is 40.0 Å². The third-order valence-electron chi connectivity index (χ3n) is 4.58. The Morgan fingerprint density at radius 1 is 1.19 bits per heavy atom. The lowest BCUT2D eigenvalue weighted by Crippen LogP contribution is -2.22. The minimum Gasteiger partial charge on any atom is -0.493 e. The van der Waals surface area contributed by atoms with Gasteiger partial charge in [0.25, 0.3) is 0 Å². The molecule has 7 heteroatoms. The van der Waals surface area contributed by atoms with Crippen LogP contribution in [0.1, 0.15) is 35.1 Å². The summed E-state index contributed by atoms with van der Waals surface area (Å²) in [6.07, 6.45) is 0. The minimum atomic E-state index is 0.203. The fraction of sp³-hybridized carbons (Fsp3) is 0.400. The molecule has 0 radical (unpaired) electrons. The molecule has 1 atom stereocenters. The van der Waals surface area contributed by atoms with Crippen LogP contribution in [0.5, 0.6) is 11.5 Å². The highest BCUT2D eigenvalue weighted by molar-refractivity contribution is 7.09. The second-order valence-corrected chi connectivity index (χ2v) is 7.37. The van der Waals surface area contributed by atoms with Crippen molar-refractivity contribution < 1.29 is 13.9 Å². The molecule has 0 saturated carbocycles.